The van der Waals surface area contributed by atoms with Crippen LogP contribution >= 0.6 is 11.6 Å². The van der Waals surface area contributed by atoms with Gasteiger partial charge in [0, 0.05) is 5.92 Å². The van der Waals surface area contributed by atoms with E-state index in [4.69, 9.17) is 11.6 Å². The Hall–Kier alpha value is -1.02. The molecule has 1 fully saturated rings. The van der Waals surface area contributed by atoms with Gasteiger partial charge in [-0.05, 0) is 37.5 Å². The number of anilines is 1. The highest BCUT2D eigenvalue weighted by atomic mass is 35.5. The molecule has 1 aromatic carbocycles. The molecule has 14 heavy (non-hydrogen) atoms. The number of carbonyl (C=O) groups is 1. The van der Waals surface area contributed by atoms with Gasteiger partial charge in [-0.3, -0.25) is 4.79 Å². The largest absolute Gasteiger partial charge is 0.325 e. The van der Waals surface area contributed by atoms with E-state index >= 15 is 0 Å². The van der Waals surface area contributed by atoms with Crippen LogP contribution in [0.15, 0.2) is 18.2 Å². The lowest BCUT2D eigenvalue weighted by molar-refractivity contribution is -0.117. The summed E-state index contributed by atoms with van der Waals surface area (Å²) in [6.45, 7) is 1.97. The molecule has 0 unspecified atom stereocenters. The van der Waals surface area contributed by atoms with Crippen LogP contribution in [-0.2, 0) is 4.79 Å². The van der Waals surface area contributed by atoms with Crippen molar-refractivity contribution in [1.82, 2.24) is 0 Å². The number of aryl methyl sites for hydroxylation is 1. The number of halogens is 1. The summed E-state index contributed by atoms with van der Waals surface area (Å²) < 4.78 is 0. The lowest BCUT2D eigenvalue weighted by Gasteiger charge is -2.06. The van der Waals surface area contributed by atoms with Crippen molar-refractivity contribution in [3.63, 3.8) is 0 Å². The standard InChI is InChI=1S/C11H12ClNO/c1-7-2-5-10(9(12)6-7)13-11(14)8-3-4-8/h2,5-6,8H,3-4H2,1H3,(H,13,14). The maximum atomic E-state index is 11.4. The summed E-state index contributed by atoms with van der Waals surface area (Å²) in [5.41, 5.74) is 1.81. The van der Waals surface area contributed by atoms with Gasteiger partial charge in [0.15, 0.2) is 0 Å². The highest BCUT2D eigenvalue weighted by Gasteiger charge is 2.29. The third-order valence-corrected chi connectivity index (χ3v) is 2.64. The Morgan fingerprint density at radius 1 is 1.50 bits per heavy atom. The van der Waals surface area contributed by atoms with Gasteiger partial charge < -0.3 is 5.32 Å². The van der Waals surface area contributed by atoms with E-state index in [0.717, 1.165) is 18.4 Å². The molecule has 0 aliphatic heterocycles. The van der Waals surface area contributed by atoms with Crippen molar-refractivity contribution in [2.45, 2.75) is 19.8 Å². The van der Waals surface area contributed by atoms with E-state index in [0.29, 0.717) is 10.7 Å². The Kier molecular flexibility index (Phi) is 2.46. The summed E-state index contributed by atoms with van der Waals surface area (Å²) in [4.78, 5) is 11.4. The monoisotopic (exact) mass is 209 g/mol. The summed E-state index contributed by atoms with van der Waals surface area (Å²) in [6, 6.07) is 5.64. The number of amides is 1. The summed E-state index contributed by atoms with van der Waals surface area (Å²) in [5.74, 6) is 0.308. The molecule has 1 aromatic rings. The molecule has 1 amide bonds. The van der Waals surface area contributed by atoms with Gasteiger partial charge in [0.1, 0.15) is 0 Å². The lowest BCUT2D eigenvalue weighted by Crippen LogP contribution is -2.13. The average Bonchev–Trinajstić information content (AvgIpc) is 2.92. The zero-order chi connectivity index (χ0) is 10.1. The Morgan fingerprint density at radius 2 is 2.21 bits per heavy atom. The van der Waals surface area contributed by atoms with E-state index in [1.54, 1.807) is 0 Å². The van der Waals surface area contributed by atoms with Gasteiger partial charge in [-0.15, -0.1) is 0 Å². The normalized spacial score (nSPS) is 15.3. The second-order valence-corrected chi connectivity index (χ2v) is 4.15. The fourth-order valence-corrected chi connectivity index (χ4v) is 1.58. The average molecular weight is 210 g/mol. The van der Waals surface area contributed by atoms with Crippen molar-refractivity contribution < 1.29 is 4.79 Å². The predicted molar refractivity (Wildman–Crippen MR) is 57.5 cm³/mol. The van der Waals surface area contributed by atoms with Crippen molar-refractivity contribution in [2.24, 2.45) is 5.92 Å². The maximum absolute atomic E-state index is 11.4. The maximum Gasteiger partial charge on any atom is 0.227 e. The van der Waals surface area contributed by atoms with Crippen LogP contribution in [0.1, 0.15) is 18.4 Å². The zero-order valence-electron chi connectivity index (χ0n) is 8.01. The van der Waals surface area contributed by atoms with Crippen molar-refractivity contribution >= 4 is 23.2 Å². The molecular weight excluding hydrogens is 198 g/mol. The van der Waals surface area contributed by atoms with Gasteiger partial charge >= 0.3 is 0 Å². The molecule has 0 heterocycles. The molecule has 74 valence electrons. The molecule has 0 radical (unpaired) electrons. The van der Waals surface area contributed by atoms with E-state index in [1.807, 2.05) is 25.1 Å². The van der Waals surface area contributed by atoms with Crippen LogP contribution in [-0.4, -0.2) is 5.91 Å². The number of hydrogen-bond donors (Lipinski definition) is 1. The summed E-state index contributed by atoms with van der Waals surface area (Å²) >= 11 is 5.98. The van der Waals surface area contributed by atoms with E-state index in [2.05, 4.69) is 5.32 Å². The van der Waals surface area contributed by atoms with Crippen molar-refractivity contribution in [1.29, 1.82) is 0 Å². The molecule has 1 aliphatic rings. The number of nitrogens with one attached hydrogen (secondary N) is 1. The first-order valence-electron chi connectivity index (χ1n) is 4.74. The molecule has 0 aromatic heterocycles. The fraction of sp³-hybridized carbons (Fsp3) is 0.364. The second-order valence-electron chi connectivity index (χ2n) is 3.75. The third-order valence-electron chi connectivity index (χ3n) is 2.33. The van der Waals surface area contributed by atoms with Crippen LogP contribution in [0.25, 0.3) is 0 Å². The predicted octanol–water partition coefficient (Wildman–Crippen LogP) is 3.00. The van der Waals surface area contributed by atoms with E-state index in [-0.39, 0.29) is 11.8 Å². The highest BCUT2D eigenvalue weighted by molar-refractivity contribution is 6.33. The van der Waals surface area contributed by atoms with E-state index in [1.165, 1.54) is 0 Å². The summed E-state index contributed by atoms with van der Waals surface area (Å²) in [6.07, 6.45) is 2.02. The molecule has 0 saturated heterocycles. The third kappa shape index (κ3) is 2.07. The van der Waals surface area contributed by atoms with E-state index in [9.17, 15) is 4.79 Å². The Bertz CT molecular complexity index is 372. The number of benzene rings is 1. The molecule has 3 heteroatoms. The van der Waals surface area contributed by atoms with Crippen LogP contribution in [0.2, 0.25) is 5.02 Å². The first-order chi connectivity index (χ1) is 6.66. The van der Waals surface area contributed by atoms with Crippen molar-refractivity contribution in [3.05, 3.63) is 28.8 Å². The van der Waals surface area contributed by atoms with Gasteiger partial charge in [0.2, 0.25) is 5.91 Å². The van der Waals surface area contributed by atoms with Crippen LogP contribution in [0.4, 0.5) is 5.69 Å². The van der Waals surface area contributed by atoms with Crippen LogP contribution in [0.5, 0.6) is 0 Å². The minimum Gasteiger partial charge on any atom is -0.325 e. The van der Waals surface area contributed by atoms with Crippen molar-refractivity contribution in [3.8, 4) is 0 Å². The molecule has 2 nitrogen and oxygen atoms in total. The smallest absolute Gasteiger partial charge is 0.227 e. The Morgan fingerprint density at radius 3 is 2.79 bits per heavy atom. The van der Waals surface area contributed by atoms with E-state index < -0.39 is 0 Å². The van der Waals surface area contributed by atoms with Crippen LogP contribution in [0, 0.1) is 12.8 Å². The number of hydrogen-bond acceptors (Lipinski definition) is 1. The molecule has 1 aliphatic carbocycles. The molecule has 2 rings (SSSR count). The lowest BCUT2D eigenvalue weighted by atomic mass is 10.2. The van der Waals surface area contributed by atoms with Gasteiger partial charge in [0.05, 0.1) is 10.7 Å². The fourth-order valence-electron chi connectivity index (χ4n) is 1.30. The first-order valence-corrected chi connectivity index (χ1v) is 5.11. The van der Waals surface area contributed by atoms with Gasteiger partial charge in [-0.2, -0.15) is 0 Å². The quantitative estimate of drug-likeness (QED) is 0.797. The minimum absolute atomic E-state index is 0.0933. The van der Waals surface area contributed by atoms with Crippen LogP contribution < -0.4 is 5.32 Å². The second kappa shape index (κ2) is 3.62. The van der Waals surface area contributed by atoms with Gasteiger partial charge in [-0.25, -0.2) is 0 Å². The molecular formula is C11H12ClNO. The number of carbonyl (C=O) groups excluding carboxylic acids is 1. The van der Waals surface area contributed by atoms with Crippen molar-refractivity contribution in [2.75, 3.05) is 5.32 Å². The van der Waals surface area contributed by atoms with Gasteiger partial charge in [-0.1, -0.05) is 17.7 Å². The topological polar surface area (TPSA) is 29.1 Å². The zero-order valence-corrected chi connectivity index (χ0v) is 8.77. The minimum atomic E-state index is 0.0933. The molecule has 0 atom stereocenters. The molecule has 0 bridgehead atoms. The first kappa shape index (κ1) is 9.53. The Balaban J connectivity index is 2.11. The molecule has 1 N–H and O–H groups in total. The highest BCUT2D eigenvalue weighted by Crippen LogP contribution is 2.31. The Labute approximate surface area is 88.3 Å². The molecule has 0 spiro atoms. The summed E-state index contributed by atoms with van der Waals surface area (Å²) in [5, 5.41) is 3.44. The summed E-state index contributed by atoms with van der Waals surface area (Å²) in [7, 11) is 0. The van der Waals surface area contributed by atoms with Crippen LogP contribution in [0.3, 0.4) is 0 Å². The van der Waals surface area contributed by atoms with Gasteiger partial charge in [0.25, 0.3) is 0 Å². The SMILES string of the molecule is Cc1ccc(NC(=O)C2CC2)c(Cl)c1. The molecule has 1 saturated carbocycles. The number of rotatable bonds is 2.